The lowest BCUT2D eigenvalue weighted by molar-refractivity contribution is 0.0941. The fourth-order valence-corrected chi connectivity index (χ4v) is 3.34. The van der Waals surface area contributed by atoms with Crippen LogP contribution < -0.4 is 5.32 Å². The summed E-state index contributed by atoms with van der Waals surface area (Å²) < 4.78 is 2.78. The van der Waals surface area contributed by atoms with Crippen molar-refractivity contribution >= 4 is 21.8 Å². The Labute approximate surface area is 129 Å². The first kappa shape index (κ1) is 15.6. The van der Waals surface area contributed by atoms with Gasteiger partial charge in [0.1, 0.15) is 5.69 Å². The number of nitrogens with zero attached hydrogens (tertiary/aromatic N) is 2. The standard InChI is InChI=1S/C15H24BrN3O/c1-12-6-3-4-8-19(12)9-5-7-17-15(20)14-10-13(16)11-18(14)2/h10-12H,3-9H2,1-2H3,(H,17,20). The highest BCUT2D eigenvalue weighted by atomic mass is 79.9. The Bertz CT molecular complexity index is 458. The van der Waals surface area contributed by atoms with Gasteiger partial charge in [-0.05, 0) is 54.7 Å². The molecule has 1 fully saturated rings. The highest BCUT2D eigenvalue weighted by Gasteiger charge is 2.17. The third kappa shape index (κ3) is 4.09. The quantitative estimate of drug-likeness (QED) is 0.836. The van der Waals surface area contributed by atoms with Crippen LogP contribution in [-0.4, -0.2) is 41.1 Å². The number of aryl methyl sites for hydroxylation is 1. The molecular weight excluding hydrogens is 318 g/mol. The SMILES string of the molecule is CC1CCCCN1CCCNC(=O)c1cc(Br)cn1C. The van der Waals surface area contributed by atoms with E-state index in [2.05, 4.69) is 33.1 Å². The van der Waals surface area contributed by atoms with Gasteiger partial charge in [-0.25, -0.2) is 0 Å². The van der Waals surface area contributed by atoms with Crippen LogP contribution in [0.4, 0.5) is 0 Å². The molecule has 1 aromatic rings. The Balaban J connectivity index is 1.70. The highest BCUT2D eigenvalue weighted by Crippen LogP contribution is 2.16. The monoisotopic (exact) mass is 341 g/mol. The zero-order valence-electron chi connectivity index (χ0n) is 12.4. The molecule has 2 rings (SSSR count). The van der Waals surface area contributed by atoms with Crippen LogP contribution >= 0.6 is 15.9 Å². The van der Waals surface area contributed by atoms with Gasteiger partial charge in [-0.2, -0.15) is 0 Å². The Morgan fingerprint density at radius 1 is 1.50 bits per heavy atom. The number of carbonyl (C=O) groups is 1. The molecule has 0 spiro atoms. The first-order chi connectivity index (χ1) is 9.58. The molecule has 20 heavy (non-hydrogen) atoms. The molecule has 1 N–H and O–H groups in total. The number of nitrogens with one attached hydrogen (secondary N) is 1. The summed E-state index contributed by atoms with van der Waals surface area (Å²) in [5.41, 5.74) is 0.697. The predicted molar refractivity (Wildman–Crippen MR) is 84.9 cm³/mol. The van der Waals surface area contributed by atoms with Gasteiger partial charge >= 0.3 is 0 Å². The maximum absolute atomic E-state index is 12.0. The van der Waals surface area contributed by atoms with E-state index in [4.69, 9.17) is 0 Å². The fraction of sp³-hybridized carbons (Fsp3) is 0.667. The maximum atomic E-state index is 12.0. The van der Waals surface area contributed by atoms with Crippen molar-refractivity contribution in [3.63, 3.8) is 0 Å². The third-order valence-corrected chi connectivity index (χ3v) is 4.49. The van der Waals surface area contributed by atoms with Crippen molar-refractivity contribution in [2.24, 2.45) is 7.05 Å². The van der Waals surface area contributed by atoms with E-state index in [1.165, 1.54) is 25.8 Å². The summed E-state index contributed by atoms with van der Waals surface area (Å²) in [6.07, 6.45) is 6.89. The van der Waals surface area contributed by atoms with Crippen molar-refractivity contribution < 1.29 is 4.79 Å². The molecule has 0 radical (unpaired) electrons. The van der Waals surface area contributed by atoms with Crippen LogP contribution in [0.15, 0.2) is 16.7 Å². The van der Waals surface area contributed by atoms with E-state index in [0.717, 1.165) is 24.0 Å². The van der Waals surface area contributed by atoms with E-state index < -0.39 is 0 Å². The number of piperidine rings is 1. The van der Waals surface area contributed by atoms with Crippen molar-refractivity contribution in [2.75, 3.05) is 19.6 Å². The molecule has 0 bridgehead atoms. The summed E-state index contributed by atoms with van der Waals surface area (Å²) >= 11 is 3.38. The molecule has 1 unspecified atom stereocenters. The largest absolute Gasteiger partial charge is 0.351 e. The molecule has 1 aliphatic rings. The number of aromatic nitrogens is 1. The van der Waals surface area contributed by atoms with Crippen molar-refractivity contribution in [2.45, 2.75) is 38.6 Å². The molecule has 112 valence electrons. The fourth-order valence-electron chi connectivity index (χ4n) is 2.81. The van der Waals surface area contributed by atoms with E-state index in [9.17, 15) is 4.79 Å². The van der Waals surface area contributed by atoms with Crippen molar-refractivity contribution in [1.82, 2.24) is 14.8 Å². The minimum atomic E-state index is 0.00453. The number of amides is 1. The van der Waals surface area contributed by atoms with Crippen molar-refractivity contribution in [3.8, 4) is 0 Å². The number of likely N-dealkylation sites (tertiary alicyclic amines) is 1. The maximum Gasteiger partial charge on any atom is 0.267 e. The van der Waals surface area contributed by atoms with E-state index in [-0.39, 0.29) is 5.91 Å². The van der Waals surface area contributed by atoms with Gasteiger partial charge in [0.25, 0.3) is 5.91 Å². The van der Waals surface area contributed by atoms with E-state index >= 15 is 0 Å². The van der Waals surface area contributed by atoms with E-state index in [1.807, 2.05) is 23.9 Å². The average molecular weight is 342 g/mol. The second kappa shape index (κ2) is 7.27. The zero-order chi connectivity index (χ0) is 14.5. The van der Waals surface area contributed by atoms with Crippen molar-refractivity contribution in [1.29, 1.82) is 0 Å². The van der Waals surface area contributed by atoms with Crippen LogP contribution in [-0.2, 0) is 7.05 Å². The summed E-state index contributed by atoms with van der Waals surface area (Å²) in [4.78, 5) is 14.6. The minimum Gasteiger partial charge on any atom is -0.351 e. The van der Waals surface area contributed by atoms with Gasteiger partial charge in [-0.1, -0.05) is 6.42 Å². The lowest BCUT2D eigenvalue weighted by Crippen LogP contribution is -2.39. The average Bonchev–Trinajstić information content (AvgIpc) is 2.75. The Hall–Kier alpha value is -0.810. The second-order valence-corrected chi connectivity index (χ2v) is 6.56. The molecule has 1 aromatic heterocycles. The highest BCUT2D eigenvalue weighted by molar-refractivity contribution is 9.10. The van der Waals surface area contributed by atoms with Crippen LogP contribution in [0.1, 0.15) is 43.1 Å². The molecule has 1 aliphatic heterocycles. The first-order valence-corrected chi connectivity index (χ1v) is 8.21. The molecule has 1 atom stereocenters. The Kier molecular flexibility index (Phi) is 5.66. The number of carbonyl (C=O) groups excluding carboxylic acids is 1. The summed E-state index contributed by atoms with van der Waals surface area (Å²) in [5.74, 6) is 0.00453. The summed E-state index contributed by atoms with van der Waals surface area (Å²) in [7, 11) is 1.88. The molecular formula is C15H24BrN3O. The molecule has 2 heterocycles. The van der Waals surface area contributed by atoms with Crippen LogP contribution in [0.2, 0.25) is 0 Å². The molecule has 1 amide bonds. The number of hydrogen-bond acceptors (Lipinski definition) is 2. The van der Waals surface area contributed by atoms with E-state index in [0.29, 0.717) is 11.7 Å². The van der Waals surface area contributed by atoms with Gasteiger partial charge in [0.05, 0.1) is 0 Å². The first-order valence-electron chi connectivity index (χ1n) is 7.42. The molecule has 1 saturated heterocycles. The number of rotatable bonds is 5. The van der Waals surface area contributed by atoms with Crippen LogP contribution in [0.25, 0.3) is 0 Å². The third-order valence-electron chi connectivity index (χ3n) is 4.05. The molecule has 0 aromatic carbocycles. The summed E-state index contributed by atoms with van der Waals surface area (Å²) in [5, 5.41) is 3.00. The van der Waals surface area contributed by atoms with Gasteiger partial charge in [0.2, 0.25) is 0 Å². The summed E-state index contributed by atoms with van der Waals surface area (Å²) in [6, 6.07) is 2.55. The molecule has 0 saturated carbocycles. The molecule has 5 heteroatoms. The van der Waals surface area contributed by atoms with Gasteiger partial charge in [-0.3, -0.25) is 4.79 Å². The van der Waals surface area contributed by atoms with Gasteiger partial charge in [-0.15, -0.1) is 0 Å². The lowest BCUT2D eigenvalue weighted by atomic mass is 10.0. The Morgan fingerprint density at radius 3 is 2.95 bits per heavy atom. The zero-order valence-corrected chi connectivity index (χ0v) is 13.9. The molecule has 4 nitrogen and oxygen atoms in total. The number of hydrogen-bond donors (Lipinski definition) is 1. The van der Waals surface area contributed by atoms with Crippen molar-refractivity contribution in [3.05, 3.63) is 22.4 Å². The number of halogens is 1. The predicted octanol–water partition coefficient (Wildman–Crippen LogP) is 2.78. The van der Waals surface area contributed by atoms with E-state index in [1.54, 1.807) is 0 Å². The normalized spacial score (nSPS) is 20.1. The Morgan fingerprint density at radius 2 is 2.30 bits per heavy atom. The van der Waals surface area contributed by atoms with Gasteiger partial charge in [0, 0.05) is 36.8 Å². The minimum absolute atomic E-state index is 0.00453. The van der Waals surface area contributed by atoms with Crippen LogP contribution in [0.3, 0.4) is 0 Å². The smallest absolute Gasteiger partial charge is 0.267 e. The van der Waals surface area contributed by atoms with Crippen LogP contribution in [0.5, 0.6) is 0 Å². The van der Waals surface area contributed by atoms with Gasteiger partial charge < -0.3 is 14.8 Å². The lowest BCUT2D eigenvalue weighted by Gasteiger charge is -2.33. The topological polar surface area (TPSA) is 37.3 Å². The van der Waals surface area contributed by atoms with Gasteiger partial charge in [0.15, 0.2) is 0 Å². The summed E-state index contributed by atoms with van der Waals surface area (Å²) in [6.45, 7) is 5.34. The molecule has 0 aliphatic carbocycles. The van der Waals surface area contributed by atoms with Crippen LogP contribution in [0, 0.1) is 0 Å². The second-order valence-electron chi connectivity index (χ2n) is 5.64.